The van der Waals surface area contributed by atoms with Gasteiger partial charge in [-0.1, -0.05) is 29.8 Å². The molecule has 0 bridgehead atoms. The number of allylic oxidation sites excluding steroid dienone is 1. The SMILES string of the molecule is COc1ccccc1CN(CCN1CCOCC1)C(=S)NCCC1=CCCCC1. The molecule has 0 unspecified atom stereocenters. The molecule has 1 N–H and O–H groups in total. The third-order valence-corrected chi connectivity index (χ3v) is 6.14. The fourth-order valence-corrected chi connectivity index (χ4v) is 4.21. The Labute approximate surface area is 181 Å². The van der Waals surface area contributed by atoms with Crippen LogP contribution in [0.4, 0.5) is 0 Å². The maximum Gasteiger partial charge on any atom is 0.169 e. The summed E-state index contributed by atoms with van der Waals surface area (Å²) < 4.78 is 11.0. The monoisotopic (exact) mass is 417 g/mol. The maximum atomic E-state index is 5.80. The van der Waals surface area contributed by atoms with Crippen molar-refractivity contribution in [2.24, 2.45) is 0 Å². The highest BCUT2D eigenvalue weighted by Gasteiger charge is 2.16. The molecule has 1 aromatic rings. The lowest BCUT2D eigenvalue weighted by Crippen LogP contribution is -2.46. The first-order valence-corrected chi connectivity index (χ1v) is 11.3. The molecule has 1 aliphatic carbocycles. The number of nitrogens with zero attached hydrogens (tertiary/aromatic N) is 2. The Hall–Kier alpha value is -1.63. The summed E-state index contributed by atoms with van der Waals surface area (Å²) in [4.78, 5) is 4.73. The Kier molecular flexibility index (Phi) is 9.25. The highest BCUT2D eigenvalue weighted by atomic mass is 32.1. The van der Waals surface area contributed by atoms with Gasteiger partial charge in [-0.2, -0.15) is 0 Å². The molecule has 0 aromatic heterocycles. The fourth-order valence-electron chi connectivity index (χ4n) is 3.95. The lowest BCUT2D eigenvalue weighted by Gasteiger charge is -2.32. The van der Waals surface area contributed by atoms with Crippen molar-refractivity contribution in [3.63, 3.8) is 0 Å². The zero-order valence-electron chi connectivity index (χ0n) is 17.7. The van der Waals surface area contributed by atoms with Gasteiger partial charge in [-0.3, -0.25) is 4.90 Å². The Morgan fingerprint density at radius 3 is 2.83 bits per heavy atom. The van der Waals surface area contributed by atoms with Gasteiger partial charge >= 0.3 is 0 Å². The van der Waals surface area contributed by atoms with Crippen molar-refractivity contribution in [3.8, 4) is 5.75 Å². The molecule has 1 saturated heterocycles. The zero-order valence-corrected chi connectivity index (χ0v) is 18.5. The second-order valence-electron chi connectivity index (χ2n) is 7.78. The first kappa shape index (κ1) is 22.1. The van der Waals surface area contributed by atoms with Crippen molar-refractivity contribution in [2.45, 2.75) is 38.6 Å². The summed E-state index contributed by atoms with van der Waals surface area (Å²) in [6.07, 6.45) is 8.65. The molecule has 0 amide bonds. The molecule has 5 nitrogen and oxygen atoms in total. The maximum absolute atomic E-state index is 5.80. The third-order valence-electron chi connectivity index (χ3n) is 5.74. The van der Waals surface area contributed by atoms with E-state index < -0.39 is 0 Å². The van der Waals surface area contributed by atoms with E-state index in [0.717, 1.165) is 75.3 Å². The highest BCUT2D eigenvalue weighted by Crippen LogP contribution is 2.21. The van der Waals surface area contributed by atoms with Gasteiger partial charge in [-0.25, -0.2) is 0 Å². The highest BCUT2D eigenvalue weighted by molar-refractivity contribution is 7.80. The molecule has 29 heavy (non-hydrogen) atoms. The molecule has 1 heterocycles. The predicted molar refractivity (Wildman–Crippen MR) is 122 cm³/mol. The van der Waals surface area contributed by atoms with Crippen molar-refractivity contribution in [2.75, 3.05) is 53.0 Å². The first-order valence-electron chi connectivity index (χ1n) is 10.9. The molecule has 1 fully saturated rings. The van der Waals surface area contributed by atoms with E-state index in [9.17, 15) is 0 Å². The molecule has 0 spiro atoms. The van der Waals surface area contributed by atoms with E-state index in [1.807, 2.05) is 12.1 Å². The number of benzene rings is 1. The predicted octanol–water partition coefficient (Wildman–Crippen LogP) is 3.59. The van der Waals surface area contributed by atoms with Gasteiger partial charge in [-0.15, -0.1) is 0 Å². The van der Waals surface area contributed by atoms with E-state index in [1.165, 1.54) is 25.7 Å². The normalized spacial score (nSPS) is 17.5. The average Bonchev–Trinajstić information content (AvgIpc) is 2.78. The number of methoxy groups -OCH3 is 1. The number of hydrogen-bond donors (Lipinski definition) is 1. The lowest BCUT2D eigenvalue weighted by molar-refractivity contribution is 0.0357. The second kappa shape index (κ2) is 12.2. The minimum atomic E-state index is 0.753. The number of thiocarbonyl (C=S) groups is 1. The van der Waals surface area contributed by atoms with Crippen molar-refractivity contribution in [3.05, 3.63) is 41.5 Å². The smallest absolute Gasteiger partial charge is 0.169 e. The van der Waals surface area contributed by atoms with Crippen LogP contribution in [0.25, 0.3) is 0 Å². The van der Waals surface area contributed by atoms with E-state index in [0.29, 0.717) is 0 Å². The van der Waals surface area contributed by atoms with Crippen LogP contribution in [-0.4, -0.2) is 68.0 Å². The number of hydrogen-bond acceptors (Lipinski definition) is 4. The van der Waals surface area contributed by atoms with Gasteiger partial charge in [0.2, 0.25) is 0 Å². The van der Waals surface area contributed by atoms with Gasteiger partial charge in [-0.05, 0) is 50.4 Å². The topological polar surface area (TPSA) is 37.0 Å². The molecule has 1 aliphatic heterocycles. The summed E-state index contributed by atoms with van der Waals surface area (Å²) in [5.74, 6) is 0.916. The molecule has 1 aromatic carbocycles. The van der Waals surface area contributed by atoms with Gasteiger partial charge in [0.05, 0.1) is 20.3 Å². The quantitative estimate of drug-likeness (QED) is 0.489. The van der Waals surface area contributed by atoms with Crippen LogP contribution in [0.15, 0.2) is 35.9 Å². The number of morpholine rings is 1. The standard InChI is InChI=1S/C23H35N3O2S/c1-27-22-10-6-5-9-21(22)19-26(14-13-25-15-17-28-18-16-25)23(29)24-12-11-20-7-3-2-4-8-20/h5-7,9-10H,2-4,8,11-19H2,1H3,(H,24,29). The van der Waals surface area contributed by atoms with Crippen molar-refractivity contribution < 1.29 is 9.47 Å². The Morgan fingerprint density at radius 2 is 2.07 bits per heavy atom. The number of ether oxygens (including phenoxy) is 2. The van der Waals surface area contributed by atoms with E-state index in [1.54, 1.807) is 12.7 Å². The van der Waals surface area contributed by atoms with Crippen molar-refractivity contribution >= 4 is 17.3 Å². The van der Waals surface area contributed by atoms with Crippen LogP contribution in [0.1, 0.15) is 37.7 Å². The van der Waals surface area contributed by atoms with Gasteiger partial charge in [0, 0.05) is 44.8 Å². The largest absolute Gasteiger partial charge is 0.496 e. The molecule has 0 atom stereocenters. The summed E-state index contributed by atoms with van der Waals surface area (Å²) in [6, 6.07) is 8.20. The van der Waals surface area contributed by atoms with E-state index in [2.05, 4.69) is 33.3 Å². The molecule has 0 radical (unpaired) electrons. The molecule has 2 aliphatic rings. The summed E-state index contributed by atoms with van der Waals surface area (Å²) in [6.45, 7) is 7.19. The van der Waals surface area contributed by atoms with E-state index in [-0.39, 0.29) is 0 Å². The van der Waals surface area contributed by atoms with E-state index in [4.69, 9.17) is 21.7 Å². The van der Waals surface area contributed by atoms with Crippen LogP contribution in [0.2, 0.25) is 0 Å². The number of para-hydroxylation sites is 1. The minimum Gasteiger partial charge on any atom is -0.496 e. The van der Waals surface area contributed by atoms with Crippen LogP contribution in [-0.2, 0) is 11.3 Å². The number of rotatable bonds is 9. The van der Waals surface area contributed by atoms with Crippen LogP contribution in [0.3, 0.4) is 0 Å². The Bertz CT molecular complexity index is 674. The van der Waals surface area contributed by atoms with Crippen LogP contribution >= 0.6 is 12.2 Å². The van der Waals surface area contributed by atoms with Gasteiger partial charge in [0.25, 0.3) is 0 Å². The third kappa shape index (κ3) is 7.28. The molecule has 3 rings (SSSR count). The van der Waals surface area contributed by atoms with Crippen molar-refractivity contribution in [1.82, 2.24) is 15.1 Å². The van der Waals surface area contributed by atoms with Gasteiger partial charge in [0.15, 0.2) is 5.11 Å². The fraction of sp³-hybridized carbons (Fsp3) is 0.609. The van der Waals surface area contributed by atoms with Crippen LogP contribution in [0.5, 0.6) is 5.75 Å². The summed E-state index contributed by atoms with van der Waals surface area (Å²) in [7, 11) is 1.73. The van der Waals surface area contributed by atoms with E-state index >= 15 is 0 Å². The van der Waals surface area contributed by atoms with Crippen LogP contribution < -0.4 is 10.1 Å². The second-order valence-corrected chi connectivity index (χ2v) is 8.16. The molecular formula is C23H35N3O2S. The first-order chi connectivity index (χ1) is 14.3. The summed E-state index contributed by atoms with van der Waals surface area (Å²) >= 11 is 5.80. The lowest BCUT2D eigenvalue weighted by atomic mass is 9.97. The van der Waals surface area contributed by atoms with Crippen LogP contribution in [0, 0.1) is 0 Å². The molecular weight excluding hydrogens is 382 g/mol. The summed E-state index contributed by atoms with van der Waals surface area (Å²) in [5.41, 5.74) is 2.74. The summed E-state index contributed by atoms with van der Waals surface area (Å²) in [5, 5.41) is 4.34. The van der Waals surface area contributed by atoms with Gasteiger partial charge in [0.1, 0.15) is 5.75 Å². The average molecular weight is 418 g/mol. The Morgan fingerprint density at radius 1 is 1.24 bits per heavy atom. The minimum absolute atomic E-state index is 0.753. The molecule has 160 valence electrons. The molecule has 0 saturated carbocycles. The van der Waals surface area contributed by atoms with Crippen molar-refractivity contribution in [1.29, 1.82) is 0 Å². The Balaban J connectivity index is 1.57. The number of nitrogens with one attached hydrogen (secondary N) is 1. The molecule has 6 heteroatoms. The zero-order chi connectivity index (χ0) is 20.3. The van der Waals surface area contributed by atoms with Gasteiger partial charge < -0.3 is 19.7 Å².